The molecule has 0 atom stereocenters. The predicted molar refractivity (Wildman–Crippen MR) is 82.7 cm³/mol. The molecule has 0 aliphatic rings. The summed E-state index contributed by atoms with van der Waals surface area (Å²) >= 11 is 0. The number of imidazole rings is 1. The molecular formula is C15H20F3N3O2. The van der Waals surface area contributed by atoms with Gasteiger partial charge in [-0.25, -0.2) is 4.98 Å². The number of nitrogens with zero attached hydrogens (tertiary/aromatic N) is 3. The highest BCUT2D eigenvalue weighted by Crippen LogP contribution is 2.33. The van der Waals surface area contributed by atoms with Gasteiger partial charge in [-0.1, -0.05) is 27.7 Å². The van der Waals surface area contributed by atoms with Gasteiger partial charge in [0.1, 0.15) is 0 Å². The molecule has 8 heteroatoms. The average Bonchev–Trinajstić information content (AvgIpc) is 2.96. The SMILES string of the molecule is CC.CC.Cc1cn(-c2cc([N+](=O)[O-])cc(C(F)(F)F)c2)cn1. The van der Waals surface area contributed by atoms with Crippen molar-refractivity contribution in [2.45, 2.75) is 40.8 Å². The number of nitro groups is 1. The largest absolute Gasteiger partial charge is 0.416 e. The van der Waals surface area contributed by atoms with Crippen molar-refractivity contribution < 1.29 is 18.1 Å². The van der Waals surface area contributed by atoms with Gasteiger partial charge in [0.25, 0.3) is 5.69 Å². The smallest absolute Gasteiger partial charge is 0.306 e. The predicted octanol–water partition coefficient (Wildman–Crippen LogP) is 5.16. The van der Waals surface area contributed by atoms with Crippen LogP contribution in [0.5, 0.6) is 0 Å². The summed E-state index contributed by atoms with van der Waals surface area (Å²) in [6, 6.07) is 2.41. The minimum absolute atomic E-state index is 0.0436. The van der Waals surface area contributed by atoms with Crippen LogP contribution in [0, 0.1) is 17.0 Å². The minimum Gasteiger partial charge on any atom is -0.306 e. The van der Waals surface area contributed by atoms with E-state index in [1.165, 1.54) is 17.1 Å². The van der Waals surface area contributed by atoms with Crippen LogP contribution in [-0.2, 0) is 6.18 Å². The van der Waals surface area contributed by atoms with Crippen LogP contribution in [0.2, 0.25) is 0 Å². The maximum Gasteiger partial charge on any atom is 0.416 e. The molecule has 0 aliphatic heterocycles. The summed E-state index contributed by atoms with van der Waals surface area (Å²) in [5.41, 5.74) is -1.04. The van der Waals surface area contributed by atoms with Gasteiger partial charge < -0.3 is 4.57 Å². The van der Waals surface area contributed by atoms with E-state index < -0.39 is 22.4 Å². The van der Waals surface area contributed by atoms with Crippen molar-refractivity contribution in [3.8, 4) is 5.69 Å². The van der Waals surface area contributed by atoms with Gasteiger partial charge in [-0.05, 0) is 13.0 Å². The Balaban J connectivity index is 0.00000112. The third-order valence-corrected chi connectivity index (χ3v) is 2.45. The summed E-state index contributed by atoms with van der Waals surface area (Å²) in [4.78, 5) is 13.7. The van der Waals surface area contributed by atoms with Crippen LogP contribution in [0.1, 0.15) is 39.0 Å². The molecule has 1 aromatic carbocycles. The number of aryl methyl sites for hydroxylation is 1. The van der Waals surface area contributed by atoms with Gasteiger partial charge in [0.05, 0.1) is 28.2 Å². The fraction of sp³-hybridized carbons (Fsp3) is 0.400. The van der Waals surface area contributed by atoms with Crippen LogP contribution in [0.25, 0.3) is 5.69 Å². The molecule has 128 valence electrons. The second-order valence-corrected chi connectivity index (χ2v) is 3.92. The number of aromatic nitrogens is 2. The van der Waals surface area contributed by atoms with Crippen LogP contribution in [0.4, 0.5) is 18.9 Å². The zero-order chi connectivity index (χ0) is 18.2. The molecule has 0 saturated heterocycles. The first-order valence-electron chi connectivity index (χ1n) is 7.15. The molecule has 1 heterocycles. The Labute approximate surface area is 132 Å². The van der Waals surface area contributed by atoms with Gasteiger partial charge in [0.15, 0.2) is 0 Å². The second kappa shape index (κ2) is 8.92. The second-order valence-electron chi connectivity index (χ2n) is 3.92. The van der Waals surface area contributed by atoms with Crippen molar-refractivity contribution in [1.29, 1.82) is 0 Å². The van der Waals surface area contributed by atoms with Crippen LogP contribution >= 0.6 is 0 Å². The number of benzene rings is 1. The van der Waals surface area contributed by atoms with E-state index in [0.29, 0.717) is 11.8 Å². The number of halogens is 3. The summed E-state index contributed by atoms with van der Waals surface area (Å²) in [7, 11) is 0. The highest BCUT2D eigenvalue weighted by atomic mass is 19.4. The van der Waals surface area contributed by atoms with Gasteiger partial charge in [-0.2, -0.15) is 13.2 Å². The number of alkyl halides is 3. The van der Waals surface area contributed by atoms with Gasteiger partial charge in [0.2, 0.25) is 0 Å². The summed E-state index contributed by atoms with van der Waals surface area (Å²) in [5, 5.41) is 10.7. The van der Waals surface area contributed by atoms with Crippen LogP contribution in [-0.4, -0.2) is 14.5 Å². The highest BCUT2D eigenvalue weighted by molar-refractivity contribution is 5.48. The summed E-state index contributed by atoms with van der Waals surface area (Å²) in [6.45, 7) is 9.67. The van der Waals surface area contributed by atoms with Gasteiger partial charge in [-0.15, -0.1) is 0 Å². The molecule has 0 radical (unpaired) electrons. The molecule has 2 rings (SSSR count). The quantitative estimate of drug-likeness (QED) is 0.564. The first-order chi connectivity index (χ1) is 10.8. The fourth-order valence-electron chi connectivity index (χ4n) is 1.58. The molecule has 0 aliphatic carbocycles. The Bertz CT molecular complexity index is 637. The van der Waals surface area contributed by atoms with E-state index in [1.54, 1.807) is 6.92 Å². The number of nitro benzene ring substituents is 1. The Hall–Kier alpha value is -2.38. The Morgan fingerprint density at radius 2 is 1.70 bits per heavy atom. The van der Waals surface area contributed by atoms with E-state index in [-0.39, 0.29) is 5.69 Å². The van der Waals surface area contributed by atoms with Gasteiger partial charge in [-0.3, -0.25) is 10.1 Å². The zero-order valence-electron chi connectivity index (χ0n) is 13.7. The Morgan fingerprint density at radius 3 is 2.09 bits per heavy atom. The first kappa shape index (κ1) is 20.6. The van der Waals surface area contributed by atoms with Crippen molar-refractivity contribution in [2.75, 3.05) is 0 Å². The van der Waals surface area contributed by atoms with Gasteiger partial charge in [0, 0.05) is 18.3 Å². The van der Waals surface area contributed by atoms with Crippen LogP contribution in [0.15, 0.2) is 30.7 Å². The van der Waals surface area contributed by atoms with E-state index in [9.17, 15) is 23.3 Å². The van der Waals surface area contributed by atoms with Crippen molar-refractivity contribution in [3.05, 3.63) is 52.1 Å². The summed E-state index contributed by atoms with van der Waals surface area (Å²) < 4.78 is 39.4. The number of hydrogen-bond donors (Lipinski definition) is 0. The molecule has 0 spiro atoms. The molecule has 0 bridgehead atoms. The lowest BCUT2D eigenvalue weighted by Crippen LogP contribution is -2.07. The van der Waals surface area contributed by atoms with Gasteiger partial charge >= 0.3 is 6.18 Å². The lowest BCUT2D eigenvalue weighted by Gasteiger charge is -2.09. The average molecular weight is 331 g/mol. The van der Waals surface area contributed by atoms with Crippen molar-refractivity contribution in [1.82, 2.24) is 9.55 Å². The van der Waals surface area contributed by atoms with E-state index >= 15 is 0 Å². The van der Waals surface area contributed by atoms with Crippen LogP contribution in [0.3, 0.4) is 0 Å². The van der Waals surface area contributed by atoms with Crippen molar-refractivity contribution in [3.63, 3.8) is 0 Å². The summed E-state index contributed by atoms with van der Waals surface area (Å²) in [5.74, 6) is 0. The maximum atomic E-state index is 12.7. The van der Waals surface area contributed by atoms with Crippen LogP contribution < -0.4 is 0 Å². The minimum atomic E-state index is -4.64. The third-order valence-electron chi connectivity index (χ3n) is 2.45. The van der Waals surface area contributed by atoms with E-state index in [4.69, 9.17) is 0 Å². The fourth-order valence-corrected chi connectivity index (χ4v) is 1.58. The molecule has 0 saturated carbocycles. The van der Waals surface area contributed by atoms with Crippen molar-refractivity contribution >= 4 is 5.69 Å². The molecule has 0 N–H and O–H groups in total. The Kier molecular flexibility index (Phi) is 7.99. The van der Waals surface area contributed by atoms with Crippen molar-refractivity contribution in [2.24, 2.45) is 0 Å². The third kappa shape index (κ3) is 5.72. The standard InChI is InChI=1S/C11H8F3N3O2.2C2H6/c1-7-5-16(6-15-7)9-2-8(11(12,13)14)3-10(4-9)17(18)19;2*1-2/h2-6H,1H3;2*1-2H3. The molecule has 23 heavy (non-hydrogen) atoms. The highest BCUT2D eigenvalue weighted by Gasteiger charge is 2.33. The lowest BCUT2D eigenvalue weighted by atomic mass is 10.1. The molecule has 1 aromatic heterocycles. The molecule has 0 fully saturated rings. The molecule has 0 amide bonds. The van der Waals surface area contributed by atoms with E-state index in [1.807, 2.05) is 27.7 Å². The number of hydrogen-bond acceptors (Lipinski definition) is 3. The maximum absolute atomic E-state index is 12.7. The topological polar surface area (TPSA) is 61.0 Å². The normalized spacial score (nSPS) is 10.1. The zero-order valence-corrected chi connectivity index (χ0v) is 13.7. The molecular weight excluding hydrogens is 311 g/mol. The molecule has 0 unspecified atom stereocenters. The molecule has 2 aromatic rings. The molecule has 5 nitrogen and oxygen atoms in total. The van der Waals surface area contributed by atoms with E-state index in [2.05, 4.69) is 4.98 Å². The number of rotatable bonds is 2. The van der Waals surface area contributed by atoms with E-state index in [0.717, 1.165) is 12.1 Å². The summed E-state index contributed by atoms with van der Waals surface area (Å²) in [6.07, 6.45) is -1.86. The number of non-ortho nitro benzene ring substituents is 1. The lowest BCUT2D eigenvalue weighted by molar-refractivity contribution is -0.385. The Morgan fingerprint density at radius 1 is 1.13 bits per heavy atom. The first-order valence-corrected chi connectivity index (χ1v) is 7.15. The monoisotopic (exact) mass is 331 g/mol.